The summed E-state index contributed by atoms with van der Waals surface area (Å²) in [6, 6.07) is 23.3. The summed E-state index contributed by atoms with van der Waals surface area (Å²) < 4.78 is 5.56. The number of carboxylic acid groups (broad SMARTS) is 1. The molecule has 8 heteroatoms. The van der Waals surface area contributed by atoms with Crippen molar-refractivity contribution < 1.29 is 24.2 Å². The third-order valence-corrected chi connectivity index (χ3v) is 5.58. The minimum absolute atomic E-state index is 0.0791. The highest BCUT2D eigenvalue weighted by atomic mass is 16.5. The van der Waals surface area contributed by atoms with Gasteiger partial charge in [-0.1, -0.05) is 72.3 Å². The molecule has 1 unspecified atom stereocenters. The van der Waals surface area contributed by atoms with Gasteiger partial charge < -0.3 is 20.5 Å². The lowest BCUT2D eigenvalue weighted by Crippen LogP contribution is -2.51. The quantitative estimate of drug-likeness (QED) is 0.351. The zero-order valence-electron chi connectivity index (χ0n) is 20.5. The molecule has 190 valence electrons. The van der Waals surface area contributed by atoms with Crippen LogP contribution < -0.4 is 10.6 Å². The molecule has 0 heterocycles. The van der Waals surface area contributed by atoms with Crippen molar-refractivity contribution in [2.24, 2.45) is 0 Å². The van der Waals surface area contributed by atoms with Crippen molar-refractivity contribution in [1.29, 1.82) is 5.26 Å². The summed E-state index contributed by atoms with van der Waals surface area (Å²) in [7, 11) is 0. The molecule has 0 aliphatic rings. The number of hydrogen-bond acceptors (Lipinski definition) is 5. The fraction of sp³-hybridized carbons (Fsp3) is 0.241. The highest BCUT2D eigenvalue weighted by Gasteiger charge is 2.24. The molecule has 3 rings (SSSR count). The van der Waals surface area contributed by atoms with Crippen LogP contribution in [0.3, 0.4) is 0 Å². The fourth-order valence-corrected chi connectivity index (χ4v) is 3.78. The predicted molar refractivity (Wildman–Crippen MR) is 138 cm³/mol. The number of rotatable bonds is 12. The average molecular weight is 500 g/mol. The Morgan fingerprint density at radius 2 is 1.62 bits per heavy atom. The Hall–Kier alpha value is -4.48. The molecular formula is C29H29N3O5. The number of nitriles is 1. The number of aryl methyl sites for hydroxylation is 1. The van der Waals surface area contributed by atoms with E-state index in [2.05, 4.69) is 10.6 Å². The summed E-state index contributed by atoms with van der Waals surface area (Å²) in [4.78, 5) is 37.0. The van der Waals surface area contributed by atoms with E-state index >= 15 is 0 Å². The number of nitrogens with one attached hydrogen (secondary N) is 2. The van der Waals surface area contributed by atoms with E-state index in [0.717, 1.165) is 16.7 Å². The summed E-state index contributed by atoms with van der Waals surface area (Å²) in [5, 5.41) is 24.1. The van der Waals surface area contributed by atoms with Crippen LogP contribution >= 0.6 is 0 Å². The van der Waals surface area contributed by atoms with Gasteiger partial charge in [0.05, 0.1) is 31.3 Å². The molecule has 0 bridgehead atoms. The molecule has 2 atom stereocenters. The van der Waals surface area contributed by atoms with E-state index < -0.39 is 24.0 Å². The van der Waals surface area contributed by atoms with E-state index in [4.69, 9.17) is 9.84 Å². The van der Waals surface area contributed by atoms with Gasteiger partial charge in [-0.05, 0) is 35.7 Å². The SMILES string of the molecule is Cc1cccc(C[C@H](NC(=O)Cc2ccccc2)C(=O)NC(C#N)COCc2cccc(C(=O)O)c2)c1. The number of aromatic carboxylic acids is 1. The summed E-state index contributed by atoms with van der Waals surface area (Å²) in [5.74, 6) is -1.84. The lowest BCUT2D eigenvalue weighted by atomic mass is 10.0. The Bertz CT molecular complexity index is 1270. The number of carboxylic acids is 1. The number of hydrogen-bond donors (Lipinski definition) is 3. The number of carbonyl (C=O) groups excluding carboxylic acids is 2. The van der Waals surface area contributed by atoms with Crippen molar-refractivity contribution >= 4 is 17.8 Å². The van der Waals surface area contributed by atoms with Crippen molar-refractivity contribution in [3.63, 3.8) is 0 Å². The summed E-state index contributed by atoms with van der Waals surface area (Å²) in [6.45, 7) is 1.92. The second-order valence-electron chi connectivity index (χ2n) is 8.69. The van der Waals surface area contributed by atoms with Crippen LogP contribution in [0.15, 0.2) is 78.9 Å². The van der Waals surface area contributed by atoms with Crippen molar-refractivity contribution in [2.75, 3.05) is 6.61 Å². The first-order valence-corrected chi connectivity index (χ1v) is 11.8. The normalized spacial score (nSPS) is 12.1. The zero-order chi connectivity index (χ0) is 26.6. The highest BCUT2D eigenvalue weighted by Crippen LogP contribution is 2.10. The molecule has 8 nitrogen and oxygen atoms in total. The molecule has 2 amide bonds. The molecule has 0 fully saturated rings. The van der Waals surface area contributed by atoms with Crippen LogP contribution in [0.25, 0.3) is 0 Å². The molecule has 3 N–H and O–H groups in total. The number of benzene rings is 3. The van der Waals surface area contributed by atoms with Crippen LogP contribution in [0, 0.1) is 18.3 Å². The van der Waals surface area contributed by atoms with Gasteiger partial charge in [0.15, 0.2) is 0 Å². The molecule has 0 aromatic heterocycles. The van der Waals surface area contributed by atoms with Crippen LogP contribution in [0.4, 0.5) is 0 Å². The first-order valence-electron chi connectivity index (χ1n) is 11.8. The Morgan fingerprint density at radius 1 is 0.919 bits per heavy atom. The van der Waals surface area contributed by atoms with Crippen LogP contribution in [-0.4, -0.2) is 41.6 Å². The van der Waals surface area contributed by atoms with Crippen molar-refractivity contribution in [3.05, 3.63) is 107 Å². The van der Waals surface area contributed by atoms with Gasteiger partial charge in [0, 0.05) is 6.42 Å². The van der Waals surface area contributed by atoms with Crippen LogP contribution in [0.2, 0.25) is 0 Å². The monoisotopic (exact) mass is 499 g/mol. The zero-order valence-corrected chi connectivity index (χ0v) is 20.5. The molecule has 0 spiro atoms. The Morgan fingerprint density at radius 3 is 2.32 bits per heavy atom. The first kappa shape index (κ1) is 27.1. The molecule has 37 heavy (non-hydrogen) atoms. The van der Waals surface area contributed by atoms with Crippen molar-refractivity contribution in [3.8, 4) is 6.07 Å². The average Bonchev–Trinajstić information content (AvgIpc) is 2.88. The highest BCUT2D eigenvalue weighted by molar-refractivity contribution is 5.89. The summed E-state index contributed by atoms with van der Waals surface area (Å²) in [6.07, 6.45) is 0.383. The number of nitrogens with zero attached hydrogens (tertiary/aromatic N) is 1. The lowest BCUT2D eigenvalue weighted by Gasteiger charge is -2.21. The van der Waals surface area contributed by atoms with E-state index in [-0.39, 0.29) is 37.5 Å². The smallest absolute Gasteiger partial charge is 0.335 e. The van der Waals surface area contributed by atoms with Gasteiger partial charge in [0.1, 0.15) is 12.1 Å². The van der Waals surface area contributed by atoms with Gasteiger partial charge in [-0.2, -0.15) is 5.26 Å². The maximum Gasteiger partial charge on any atom is 0.335 e. The number of ether oxygens (including phenoxy) is 1. The standard InChI is InChI=1S/C29H29N3O5/c1-20-7-5-10-22(13-20)15-26(32-27(33)16-21-8-3-2-4-9-21)28(34)31-25(17-30)19-37-18-23-11-6-12-24(14-23)29(35)36/h2-14,25-26H,15-16,18-19H2,1H3,(H,31,34)(H,32,33)(H,35,36)/t25?,26-/m0/s1. The van der Waals surface area contributed by atoms with Crippen molar-refractivity contribution in [2.45, 2.75) is 38.5 Å². The number of amides is 2. The number of carbonyl (C=O) groups is 3. The Balaban J connectivity index is 1.63. The molecular weight excluding hydrogens is 470 g/mol. The van der Waals surface area contributed by atoms with E-state index in [1.165, 1.54) is 12.1 Å². The third kappa shape index (κ3) is 8.91. The molecule has 3 aromatic rings. The van der Waals surface area contributed by atoms with E-state index in [0.29, 0.717) is 5.56 Å². The van der Waals surface area contributed by atoms with Gasteiger partial charge in [-0.25, -0.2) is 4.79 Å². The molecule has 0 radical (unpaired) electrons. The van der Waals surface area contributed by atoms with Gasteiger partial charge in [-0.3, -0.25) is 9.59 Å². The first-order chi connectivity index (χ1) is 17.8. The third-order valence-electron chi connectivity index (χ3n) is 5.58. The van der Waals surface area contributed by atoms with Crippen LogP contribution in [-0.2, 0) is 33.8 Å². The van der Waals surface area contributed by atoms with Gasteiger partial charge >= 0.3 is 5.97 Å². The Labute approximate surface area is 215 Å². The topological polar surface area (TPSA) is 129 Å². The minimum atomic E-state index is -1.04. The fourth-order valence-electron chi connectivity index (χ4n) is 3.78. The van der Waals surface area contributed by atoms with E-state index in [1.54, 1.807) is 12.1 Å². The van der Waals surface area contributed by atoms with Crippen LogP contribution in [0.5, 0.6) is 0 Å². The summed E-state index contributed by atoms with van der Waals surface area (Å²) in [5.41, 5.74) is 3.50. The molecule has 3 aromatic carbocycles. The maximum atomic E-state index is 13.1. The second kappa shape index (κ2) is 13.6. The maximum absolute atomic E-state index is 13.1. The largest absolute Gasteiger partial charge is 0.478 e. The predicted octanol–water partition coefficient (Wildman–Crippen LogP) is 3.19. The van der Waals surface area contributed by atoms with E-state index in [9.17, 15) is 19.6 Å². The second-order valence-corrected chi connectivity index (χ2v) is 8.69. The van der Waals surface area contributed by atoms with Crippen molar-refractivity contribution in [1.82, 2.24) is 10.6 Å². The lowest BCUT2D eigenvalue weighted by molar-refractivity contribution is -0.129. The Kier molecular flexibility index (Phi) is 9.94. The molecule has 0 saturated heterocycles. The molecule has 0 aliphatic carbocycles. The summed E-state index contributed by atoms with van der Waals surface area (Å²) >= 11 is 0. The van der Waals surface area contributed by atoms with Crippen LogP contribution in [0.1, 0.15) is 32.6 Å². The van der Waals surface area contributed by atoms with E-state index in [1.807, 2.05) is 67.6 Å². The van der Waals surface area contributed by atoms with Gasteiger partial charge in [-0.15, -0.1) is 0 Å². The minimum Gasteiger partial charge on any atom is -0.478 e. The van der Waals surface area contributed by atoms with Gasteiger partial charge in [0.25, 0.3) is 0 Å². The molecule has 0 aliphatic heterocycles. The molecule has 0 saturated carbocycles. The van der Waals surface area contributed by atoms with Gasteiger partial charge in [0.2, 0.25) is 11.8 Å².